The van der Waals surface area contributed by atoms with Gasteiger partial charge in [0.2, 0.25) is 0 Å². The van der Waals surface area contributed by atoms with Crippen LogP contribution in [0.25, 0.3) is 0 Å². The minimum atomic E-state index is 0.157. The molecule has 0 aliphatic rings. The molecule has 1 nitrogen and oxygen atoms in total. The van der Waals surface area contributed by atoms with E-state index in [0.29, 0.717) is 18.6 Å². The molecule has 0 unspecified atom stereocenters. The SMILES string of the molecule is CCCC(=O)Cc1cccc(C(C)(C)C)c1. The van der Waals surface area contributed by atoms with Crippen LogP contribution in [-0.2, 0) is 16.6 Å². The van der Waals surface area contributed by atoms with Crippen molar-refractivity contribution in [3.05, 3.63) is 35.4 Å². The molecule has 16 heavy (non-hydrogen) atoms. The monoisotopic (exact) mass is 218 g/mol. The first kappa shape index (κ1) is 13.0. The van der Waals surface area contributed by atoms with Gasteiger partial charge in [-0.2, -0.15) is 0 Å². The summed E-state index contributed by atoms with van der Waals surface area (Å²) in [6.07, 6.45) is 2.22. The Kier molecular flexibility index (Phi) is 4.28. The average molecular weight is 218 g/mol. The van der Waals surface area contributed by atoms with Crippen LogP contribution in [0.2, 0.25) is 0 Å². The molecule has 0 spiro atoms. The van der Waals surface area contributed by atoms with E-state index in [4.69, 9.17) is 0 Å². The number of Topliss-reactive ketones (excluding diaryl/α,β-unsaturated/α-hetero) is 1. The number of benzene rings is 1. The van der Waals surface area contributed by atoms with Crippen molar-refractivity contribution < 1.29 is 4.79 Å². The molecule has 0 saturated carbocycles. The minimum Gasteiger partial charge on any atom is -0.299 e. The second-order valence-corrected chi connectivity index (χ2v) is 5.42. The molecular weight excluding hydrogens is 196 g/mol. The number of carbonyl (C=O) groups is 1. The van der Waals surface area contributed by atoms with Crippen molar-refractivity contribution in [1.82, 2.24) is 0 Å². The van der Waals surface area contributed by atoms with Gasteiger partial charge in [-0.1, -0.05) is 52.0 Å². The Morgan fingerprint density at radius 2 is 1.94 bits per heavy atom. The molecule has 0 aromatic heterocycles. The summed E-state index contributed by atoms with van der Waals surface area (Å²) in [5.74, 6) is 0.341. The topological polar surface area (TPSA) is 17.1 Å². The van der Waals surface area contributed by atoms with E-state index in [-0.39, 0.29) is 5.41 Å². The first-order chi connectivity index (χ1) is 7.43. The molecule has 1 rings (SSSR count). The summed E-state index contributed by atoms with van der Waals surface area (Å²) in [5.41, 5.74) is 2.60. The van der Waals surface area contributed by atoms with Crippen LogP contribution in [0.15, 0.2) is 24.3 Å². The van der Waals surface area contributed by atoms with Crippen molar-refractivity contribution >= 4 is 5.78 Å². The predicted molar refractivity (Wildman–Crippen MR) is 68.8 cm³/mol. The van der Waals surface area contributed by atoms with E-state index in [2.05, 4.69) is 39.0 Å². The van der Waals surface area contributed by atoms with Crippen LogP contribution in [0.1, 0.15) is 51.7 Å². The normalized spacial score (nSPS) is 11.5. The van der Waals surface area contributed by atoms with Crippen molar-refractivity contribution in [2.45, 2.75) is 52.4 Å². The fraction of sp³-hybridized carbons (Fsp3) is 0.533. The van der Waals surface area contributed by atoms with Crippen LogP contribution >= 0.6 is 0 Å². The quantitative estimate of drug-likeness (QED) is 0.749. The van der Waals surface area contributed by atoms with Crippen LogP contribution in [-0.4, -0.2) is 5.78 Å². The van der Waals surface area contributed by atoms with E-state index < -0.39 is 0 Å². The number of rotatable bonds is 4. The van der Waals surface area contributed by atoms with Gasteiger partial charge in [-0.25, -0.2) is 0 Å². The summed E-state index contributed by atoms with van der Waals surface area (Å²) in [4.78, 5) is 11.6. The summed E-state index contributed by atoms with van der Waals surface area (Å²) in [7, 11) is 0. The van der Waals surface area contributed by atoms with E-state index >= 15 is 0 Å². The zero-order valence-corrected chi connectivity index (χ0v) is 10.8. The smallest absolute Gasteiger partial charge is 0.137 e. The van der Waals surface area contributed by atoms with Crippen LogP contribution in [0.4, 0.5) is 0 Å². The molecular formula is C15H22O. The molecule has 1 aromatic rings. The van der Waals surface area contributed by atoms with Crippen LogP contribution < -0.4 is 0 Å². The summed E-state index contributed by atoms with van der Waals surface area (Å²) in [6.45, 7) is 8.63. The molecule has 0 N–H and O–H groups in total. The molecule has 0 aliphatic heterocycles. The lowest BCUT2D eigenvalue weighted by Crippen LogP contribution is -2.12. The number of hydrogen-bond acceptors (Lipinski definition) is 1. The highest BCUT2D eigenvalue weighted by atomic mass is 16.1. The van der Waals surface area contributed by atoms with E-state index in [1.165, 1.54) is 5.56 Å². The van der Waals surface area contributed by atoms with Crippen LogP contribution in [0, 0.1) is 0 Å². The Hall–Kier alpha value is -1.11. The van der Waals surface area contributed by atoms with Gasteiger partial charge in [0.05, 0.1) is 0 Å². The average Bonchev–Trinajstić information content (AvgIpc) is 2.17. The molecule has 0 aliphatic carbocycles. The Morgan fingerprint density at radius 1 is 1.25 bits per heavy atom. The molecule has 0 amide bonds. The van der Waals surface area contributed by atoms with Crippen LogP contribution in [0.5, 0.6) is 0 Å². The standard InChI is InChI=1S/C15H22O/c1-5-7-14(16)11-12-8-6-9-13(10-12)15(2,3)4/h6,8-10H,5,7,11H2,1-4H3. The van der Waals surface area contributed by atoms with E-state index in [0.717, 1.165) is 12.0 Å². The summed E-state index contributed by atoms with van der Waals surface area (Å²) < 4.78 is 0. The van der Waals surface area contributed by atoms with Gasteiger partial charge < -0.3 is 0 Å². The van der Waals surface area contributed by atoms with Gasteiger partial charge in [-0.3, -0.25) is 4.79 Å². The second kappa shape index (κ2) is 5.29. The molecule has 88 valence electrons. The lowest BCUT2D eigenvalue weighted by molar-refractivity contribution is -0.118. The highest BCUT2D eigenvalue weighted by molar-refractivity contribution is 5.80. The third-order valence-corrected chi connectivity index (χ3v) is 2.72. The Labute approximate surface area is 98.9 Å². The minimum absolute atomic E-state index is 0.157. The summed E-state index contributed by atoms with van der Waals surface area (Å²) >= 11 is 0. The number of carbonyl (C=O) groups excluding carboxylic acids is 1. The van der Waals surface area contributed by atoms with Gasteiger partial charge >= 0.3 is 0 Å². The van der Waals surface area contributed by atoms with E-state index in [1.807, 2.05) is 13.0 Å². The van der Waals surface area contributed by atoms with E-state index in [1.54, 1.807) is 0 Å². The molecule has 0 radical (unpaired) electrons. The second-order valence-electron chi connectivity index (χ2n) is 5.42. The van der Waals surface area contributed by atoms with Crippen molar-refractivity contribution in [3.8, 4) is 0 Å². The Morgan fingerprint density at radius 3 is 2.50 bits per heavy atom. The van der Waals surface area contributed by atoms with Gasteiger partial charge in [-0.05, 0) is 23.0 Å². The molecule has 0 heterocycles. The van der Waals surface area contributed by atoms with Gasteiger partial charge in [0, 0.05) is 12.8 Å². The zero-order valence-electron chi connectivity index (χ0n) is 10.8. The molecule has 0 saturated heterocycles. The van der Waals surface area contributed by atoms with Gasteiger partial charge in [-0.15, -0.1) is 0 Å². The summed E-state index contributed by atoms with van der Waals surface area (Å²) in [5, 5.41) is 0. The largest absolute Gasteiger partial charge is 0.299 e. The molecule has 0 atom stereocenters. The fourth-order valence-corrected chi connectivity index (χ4v) is 1.74. The van der Waals surface area contributed by atoms with Gasteiger partial charge in [0.15, 0.2) is 0 Å². The van der Waals surface area contributed by atoms with Crippen LogP contribution in [0.3, 0.4) is 0 Å². The first-order valence-electron chi connectivity index (χ1n) is 6.04. The first-order valence-corrected chi connectivity index (χ1v) is 6.04. The third kappa shape index (κ3) is 3.80. The van der Waals surface area contributed by atoms with Crippen molar-refractivity contribution in [2.75, 3.05) is 0 Å². The third-order valence-electron chi connectivity index (χ3n) is 2.72. The Balaban J connectivity index is 2.79. The fourth-order valence-electron chi connectivity index (χ4n) is 1.74. The maximum Gasteiger partial charge on any atom is 0.137 e. The zero-order chi connectivity index (χ0) is 12.2. The maximum absolute atomic E-state index is 11.6. The van der Waals surface area contributed by atoms with Gasteiger partial charge in [0.25, 0.3) is 0 Å². The predicted octanol–water partition coefficient (Wildman–Crippen LogP) is 3.90. The lowest BCUT2D eigenvalue weighted by Gasteiger charge is -2.19. The highest BCUT2D eigenvalue weighted by Gasteiger charge is 2.14. The summed E-state index contributed by atoms with van der Waals surface area (Å²) in [6, 6.07) is 8.39. The molecule has 1 aromatic carbocycles. The number of hydrogen-bond donors (Lipinski definition) is 0. The maximum atomic E-state index is 11.6. The molecule has 1 heteroatoms. The molecule has 0 fully saturated rings. The highest BCUT2D eigenvalue weighted by Crippen LogP contribution is 2.23. The van der Waals surface area contributed by atoms with E-state index in [9.17, 15) is 4.79 Å². The number of ketones is 1. The Bertz CT molecular complexity index is 358. The van der Waals surface area contributed by atoms with Crippen molar-refractivity contribution in [2.24, 2.45) is 0 Å². The van der Waals surface area contributed by atoms with Crippen molar-refractivity contribution in [1.29, 1.82) is 0 Å². The van der Waals surface area contributed by atoms with Gasteiger partial charge in [0.1, 0.15) is 5.78 Å². The molecule has 0 bridgehead atoms. The lowest BCUT2D eigenvalue weighted by atomic mass is 9.85. The van der Waals surface area contributed by atoms with Crippen molar-refractivity contribution in [3.63, 3.8) is 0 Å².